The standard InChI is InChI=1S/C4H7ClF3NO4S2/c5-2-1-3-10-12-15-9-11-13-14-4(6,7)8/h9H,1-3H2. The minimum Gasteiger partial charge on any atom is -0.223 e. The number of rotatable bonds is 9. The SMILES string of the molecule is FC(F)(F)SOONSOOCCCCl. The fourth-order valence-corrected chi connectivity index (χ4v) is 0.772. The van der Waals surface area contributed by atoms with Gasteiger partial charge in [-0.2, -0.15) is 13.2 Å². The fourth-order valence-electron chi connectivity index (χ4n) is 0.269. The molecule has 0 saturated heterocycles. The number of halogens is 4. The van der Waals surface area contributed by atoms with E-state index in [-0.39, 0.29) is 6.61 Å². The van der Waals surface area contributed by atoms with E-state index in [1.165, 1.54) is 0 Å². The third-order valence-corrected chi connectivity index (χ3v) is 1.57. The molecule has 0 aliphatic heterocycles. The van der Waals surface area contributed by atoms with Gasteiger partial charge >= 0.3 is 5.51 Å². The van der Waals surface area contributed by atoms with E-state index in [9.17, 15) is 13.2 Å². The van der Waals surface area contributed by atoms with E-state index >= 15 is 0 Å². The van der Waals surface area contributed by atoms with Crippen molar-refractivity contribution in [2.75, 3.05) is 12.5 Å². The van der Waals surface area contributed by atoms with E-state index in [0.29, 0.717) is 24.5 Å². The smallest absolute Gasteiger partial charge is 0.223 e. The van der Waals surface area contributed by atoms with Crippen molar-refractivity contribution in [3.63, 3.8) is 0 Å². The van der Waals surface area contributed by atoms with E-state index < -0.39 is 17.6 Å². The van der Waals surface area contributed by atoms with Crippen LogP contribution in [0.25, 0.3) is 0 Å². The molecule has 0 aliphatic rings. The van der Waals surface area contributed by atoms with E-state index in [1.807, 2.05) is 4.89 Å². The Morgan fingerprint density at radius 1 is 1.27 bits per heavy atom. The highest BCUT2D eigenvalue weighted by atomic mass is 35.5. The van der Waals surface area contributed by atoms with Crippen LogP contribution in [-0.2, 0) is 18.5 Å². The van der Waals surface area contributed by atoms with E-state index in [2.05, 4.69) is 18.5 Å². The van der Waals surface area contributed by atoms with Crippen molar-refractivity contribution >= 4 is 35.9 Å². The van der Waals surface area contributed by atoms with Crippen LogP contribution in [0.1, 0.15) is 6.42 Å². The van der Waals surface area contributed by atoms with Gasteiger partial charge < -0.3 is 0 Å². The highest BCUT2D eigenvalue weighted by molar-refractivity contribution is 7.95. The molecule has 92 valence electrons. The zero-order chi connectivity index (χ0) is 11.6. The molecular weight excluding hydrogens is 283 g/mol. The van der Waals surface area contributed by atoms with Gasteiger partial charge in [0.1, 0.15) is 24.3 Å². The molecule has 0 radical (unpaired) electrons. The molecule has 0 spiro atoms. The van der Waals surface area contributed by atoms with Crippen molar-refractivity contribution < 1.29 is 31.7 Å². The average Bonchev–Trinajstić information content (AvgIpc) is 2.14. The van der Waals surface area contributed by atoms with Gasteiger partial charge in [0, 0.05) is 5.88 Å². The first kappa shape index (κ1) is 15.6. The van der Waals surface area contributed by atoms with Gasteiger partial charge in [-0.3, -0.25) is 0 Å². The van der Waals surface area contributed by atoms with Gasteiger partial charge in [0.15, 0.2) is 0 Å². The van der Waals surface area contributed by atoms with Gasteiger partial charge in [-0.05, 0) is 6.42 Å². The predicted octanol–water partition coefficient (Wildman–Crippen LogP) is 2.75. The van der Waals surface area contributed by atoms with Crippen LogP contribution in [0.2, 0.25) is 0 Å². The number of hydrogen-bond acceptors (Lipinski definition) is 7. The lowest BCUT2D eigenvalue weighted by Crippen LogP contribution is -2.08. The third kappa shape index (κ3) is 14.6. The van der Waals surface area contributed by atoms with Gasteiger partial charge in [0.05, 0.1) is 6.61 Å². The molecule has 0 rings (SSSR count). The summed E-state index contributed by atoms with van der Waals surface area (Å²) in [6.45, 7) is 0.260. The molecule has 0 aromatic rings. The van der Waals surface area contributed by atoms with Gasteiger partial charge in [0.25, 0.3) is 0 Å². The molecule has 0 aromatic carbocycles. The molecule has 5 nitrogen and oxygen atoms in total. The maximum absolute atomic E-state index is 11.4. The zero-order valence-corrected chi connectivity index (χ0v) is 9.47. The van der Waals surface area contributed by atoms with Crippen LogP contribution in [0, 0.1) is 0 Å². The topological polar surface area (TPSA) is 49.0 Å². The lowest BCUT2D eigenvalue weighted by Gasteiger charge is -2.04. The van der Waals surface area contributed by atoms with Crippen molar-refractivity contribution in [1.29, 1.82) is 0 Å². The van der Waals surface area contributed by atoms with Gasteiger partial charge in [-0.1, -0.05) is 4.89 Å². The molecule has 0 saturated carbocycles. The van der Waals surface area contributed by atoms with Crippen molar-refractivity contribution in [2.45, 2.75) is 11.9 Å². The van der Waals surface area contributed by atoms with Crippen LogP contribution in [-0.4, -0.2) is 18.0 Å². The largest absolute Gasteiger partial charge is 0.471 e. The molecular formula is C4H7ClF3NO4S2. The molecule has 0 aliphatic carbocycles. The average molecular weight is 290 g/mol. The molecule has 0 aromatic heterocycles. The van der Waals surface area contributed by atoms with Crippen molar-refractivity contribution in [2.24, 2.45) is 0 Å². The van der Waals surface area contributed by atoms with Gasteiger partial charge in [-0.15, -0.1) is 25.3 Å². The summed E-state index contributed by atoms with van der Waals surface area (Å²) in [6.07, 6.45) is 0.587. The van der Waals surface area contributed by atoms with Crippen molar-refractivity contribution in [3.05, 3.63) is 0 Å². The molecule has 0 atom stereocenters. The van der Waals surface area contributed by atoms with Crippen LogP contribution in [0.5, 0.6) is 0 Å². The summed E-state index contributed by atoms with van der Waals surface area (Å²) in [7, 11) is 0. The predicted molar refractivity (Wildman–Crippen MR) is 48.9 cm³/mol. The summed E-state index contributed by atoms with van der Waals surface area (Å²) >= 11 is 4.92. The second kappa shape index (κ2) is 9.78. The van der Waals surface area contributed by atoms with E-state index in [0.717, 1.165) is 0 Å². The minimum atomic E-state index is -4.52. The molecule has 0 unspecified atom stereocenters. The van der Waals surface area contributed by atoms with Gasteiger partial charge in [0.2, 0.25) is 0 Å². The lowest BCUT2D eigenvalue weighted by molar-refractivity contribution is -0.236. The maximum Gasteiger partial charge on any atom is 0.471 e. The summed E-state index contributed by atoms with van der Waals surface area (Å²) < 4.78 is 42.2. The van der Waals surface area contributed by atoms with Crippen LogP contribution < -0.4 is 4.89 Å². The summed E-state index contributed by atoms with van der Waals surface area (Å²) in [5.74, 6) is 0.420. The van der Waals surface area contributed by atoms with Crippen molar-refractivity contribution in [3.8, 4) is 0 Å². The Bertz CT molecular complexity index is 154. The highest BCUT2D eigenvalue weighted by Crippen LogP contribution is 2.30. The third-order valence-electron chi connectivity index (χ3n) is 0.674. The maximum atomic E-state index is 11.4. The molecule has 0 heterocycles. The molecule has 11 heteroatoms. The normalized spacial score (nSPS) is 12.0. The fraction of sp³-hybridized carbons (Fsp3) is 1.00. The molecule has 0 amide bonds. The molecule has 15 heavy (non-hydrogen) atoms. The minimum absolute atomic E-state index is 0.260. The second-order valence-corrected chi connectivity index (χ2v) is 3.39. The first-order valence-electron chi connectivity index (χ1n) is 3.40. The van der Waals surface area contributed by atoms with Crippen LogP contribution in [0.15, 0.2) is 0 Å². The molecule has 1 N–H and O–H groups in total. The van der Waals surface area contributed by atoms with Crippen LogP contribution >= 0.6 is 35.9 Å². The Hall–Kier alpha value is 0.580. The van der Waals surface area contributed by atoms with Gasteiger partial charge in [-0.25, -0.2) is 4.89 Å². The van der Waals surface area contributed by atoms with Crippen LogP contribution in [0.3, 0.4) is 0 Å². The van der Waals surface area contributed by atoms with E-state index in [4.69, 9.17) is 11.6 Å². The first-order valence-corrected chi connectivity index (χ1v) is 5.42. The van der Waals surface area contributed by atoms with E-state index in [1.54, 1.807) is 0 Å². The van der Waals surface area contributed by atoms with Crippen molar-refractivity contribution in [1.82, 2.24) is 4.89 Å². The lowest BCUT2D eigenvalue weighted by atomic mass is 10.5. The summed E-state index contributed by atoms with van der Waals surface area (Å²) in [6, 6.07) is 0. The summed E-state index contributed by atoms with van der Waals surface area (Å²) in [5.41, 5.74) is -4.52. The second-order valence-electron chi connectivity index (χ2n) is 1.78. The number of alkyl halides is 4. The Morgan fingerprint density at radius 3 is 2.60 bits per heavy atom. The Balaban J connectivity index is 2.99. The Morgan fingerprint density at radius 2 is 2.00 bits per heavy atom. The first-order chi connectivity index (χ1) is 7.06. The van der Waals surface area contributed by atoms with Crippen LogP contribution in [0.4, 0.5) is 13.2 Å². The number of nitrogens with one attached hydrogen (secondary N) is 1. The highest BCUT2D eigenvalue weighted by Gasteiger charge is 2.31. The monoisotopic (exact) mass is 289 g/mol. The molecule has 0 bridgehead atoms. The zero-order valence-electron chi connectivity index (χ0n) is 7.08. The quantitative estimate of drug-likeness (QED) is 0.175. The number of hydrogen-bond donors (Lipinski definition) is 1. The summed E-state index contributed by atoms with van der Waals surface area (Å²) in [5, 5.41) is 0. The molecule has 0 fully saturated rings. The summed E-state index contributed by atoms with van der Waals surface area (Å²) in [4.78, 5) is 10.1. The Kier molecular flexibility index (Phi) is 10.2. The Labute approximate surface area is 97.3 Å².